The van der Waals surface area contributed by atoms with Gasteiger partial charge in [0.05, 0.1) is 34.2 Å². The topological polar surface area (TPSA) is 104 Å². The van der Waals surface area contributed by atoms with Gasteiger partial charge >= 0.3 is 5.63 Å². The molecule has 4 saturated carbocycles. The Morgan fingerprint density at radius 1 is 1.11 bits per heavy atom. The number of nitrogens with zero attached hydrogens (tertiary/aromatic N) is 1. The lowest BCUT2D eigenvalue weighted by Gasteiger charge is -2.63. The number of hydrogen-bond acceptors (Lipinski definition) is 6. The Hall–Kier alpha value is -1.47. The molecule has 1 aromatic carbocycles. The van der Waals surface area contributed by atoms with Crippen LogP contribution in [0.2, 0.25) is 5.02 Å². The number of aliphatic hydroxyl groups excluding tert-OH is 3. The van der Waals surface area contributed by atoms with E-state index < -0.39 is 11.7 Å². The van der Waals surface area contributed by atoms with Crippen LogP contribution in [0.3, 0.4) is 0 Å². The van der Waals surface area contributed by atoms with Crippen molar-refractivity contribution in [3.8, 4) is 0 Å². The molecule has 38 heavy (non-hydrogen) atoms. The molecule has 4 aliphatic rings. The van der Waals surface area contributed by atoms with Crippen molar-refractivity contribution in [3.05, 3.63) is 39.5 Å². The Morgan fingerprint density at radius 2 is 1.89 bits per heavy atom. The average Bonchev–Trinajstić information content (AvgIpc) is 3.23. The van der Waals surface area contributed by atoms with Gasteiger partial charge in [-0.1, -0.05) is 38.4 Å². The third kappa shape index (κ3) is 4.00. The lowest BCUT2D eigenvalue weighted by Crippen LogP contribution is -2.62. The molecule has 6 nitrogen and oxygen atoms in total. The molecule has 1 heterocycles. The van der Waals surface area contributed by atoms with E-state index in [1.165, 1.54) is 0 Å². The molecule has 0 amide bonds. The minimum Gasteiger partial charge on any atom is -0.408 e. The molecule has 1 aromatic heterocycles. The summed E-state index contributed by atoms with van der Waals surface area (Å²) in [6, 6.07) is 5.14. The molecule has 4 aliphatic carbocycles. The van der Waals surface area contributed by atoms with Crippen molar-refractivity contribution in [2.45, 2.75) is 96.9 Å². The highest BCUT2D eigenvalue weighted by molar-refractivity contribution is 6.34. The summed E-state index contributed by atoms with van der Waals surface area (Å²) in [7, 11) is 0. The Labute approximate surface area is 229 Å². The summed E-state index contributed by atoms with van der Waals surface area (Å²) in [6.07, 6.45) is 6.48. The maximum atomic E-state index is 12.5. The van der Waals surface area contributed by atoms with Crippen LogP contribution in [0.1, 0.15) is 78.0 Å². The molecule has 6 rings (SSSR count). The molecular weight excluding hydrogens is 502 g/mol. The number of rotatable bonds is 4. The molecule has 208 valence electrons. The molecule has 0 aliphatic heterocycles. The normalized spacial score (nSPS) is 43.3. The third-order valence-corrected chi connectivity index (χ3v) is 12.3. The molecule has 1 unspecified atom stereocenters. The summed E-state index contributed by atoms with van der Waals surface area (Å²) >= 11 is 6.30. The van der Waals surface area contributed by atoms with E-state index in [4.69, 9.17) is 16.0 Å². The summed E-state index contributed by atoms with van der Waals surface area (Å²) in [4.78, 5) is 17.1. The lowest BCUT2D eigenvalue weighted by atomic mass is 9.43. The van der Waals surface area contributed by atoms with Crippen molar-refractivity contribution in [1.29, 1.82) is 0 Å². The van der Waals surface area contributed by atoms with E-state index in [2.05, 4.69) is 25.8 Å². The van der Waals surface area contributed by atoms with Gasteiger partial charge in [0.15, 0.2) is 5.89 Å². The van der Waals surface area contributed by atoms with Gasteiger partial charge < -0.3 is 19.7 Å². The van der Waals surface area contributed by atoms with E-state index >= 15 is 0 Å². The van der Waals surface area contributed by atoms with Gasteiger partial charge in [0, 0.05) is 6.42 Å². The molecule has 3 N–H and O–H groups in total. The minimum atomic E-state index is -0.408. The molecule has 0 saturated heterocycles. The van der Waals surface area contributed by atoms with Crippen LogP contribution in [0.5, 0.6) is 0 Å². The summed E-state index contributed by atoms with van der Waals surface area (Å²) in [5, 5.41) is 34.5. The number of benzene rings is 1. The van der Waals surface area contributed by atoms with Crippen LogP contribution in [0.4, 0.5) is 0 Å². The van der Waals surface area contributed by atoms with E-state index in [1.807, 2.05) is 0 Å². The number of para-hydroxylation sites is 1. The zero-order chi connectivity index (χ0) is 27.0. The van der Waals surface area contributed by atoms with E-state index in [-0.39, 0.29) is 29.0 Å². The molecule has 7 heteroatoms. The van der Waals surface area contributed by atoms with Crippen LogP contribution in [-0.4, -0.2) is 38.6 Å². The van der Waals surface area contributed by atoms with Crippen LogP contribution < -0.4 is 5.63 Å². The predicted octanol–water partition coefficient (Wildman–Crippen LogP) is 5.37. The summed E-state index contributed by atoms with van der Waals surface area (Å²) in [5.41, 5.74) is -0.0894. The molecule has 11 atom stereocenters. The number of aromatic nitrogens is 1. The Morgan fingerprint density at radius 3 is 2.68 bits per heavy atom. The minimum absolute atomic E-state index is 0.0791. The SMILES string of the molecule is C[C@H](CCc1nc2c(Cl)cccc2c(=O)o1)[C@H]1CC[C@H]2[C@H]3C(C[C@H](O)[C@]12C)[C@@]1(C)CC[C@@H](O)C[C@H]1C[C@H]3O. The van der Waals surface area contributed by atoms with Gasteiger partial charge in [0.2, 0.25) is 0 Å². The first-order valence-corrected chi connectivity index (χ1v) is 15.0. The fourth-order valence-electron chi connectivity index (χ4n) is 9.89. The summed E-state index contributed by atoms with van der Waals surface area (Å²) in [6.45, 7) is 6.89. The van der Waals surface area contributed by atoms with Gasteiger partial charge in [-0.2, -0.15) is 0 Å². The van der Waals surface area contributed by atoms with Crippen LogP contribution in [-0.2, 0) is 6.42 Å². The van der Waals surface area contributed by atoms with Crippen LogP contribution in [0.15, 0.2) is 27.4 Å². The quantitative estimate of drug-likeness (QED) is 0.479. The molecule has 2 aromatic rings. The van der Waals surface area contributed by atoms with E-state index in [1.54, 1.807) is 18.2 Å². The highest BCUT2D eigenvalue weighted by Gasteiger charge is 2.65. The van der Waals surface area contributed by atoms with Crippen LogP contribution in [0, 0.1) is 46.3 Å². The maximum absolute atomic E-state index is 12.5. The predicted molar refractivity (Wildman–Crippen MR) is 147 cm³/mol. The fraction of sp³-hybridized carbons (Fsp3) is 0.742. The Bertz CT molecular complexity index is 1260. The Balaban J connectivity index is 1.22. The average molecular weight is 544 g/mol. The maximum Gasteiger partial charge on any atom is 0.346 e. The monoisotopic (exact) mass is 543 g/mol. The van der Waals surface area contributed by atoms with Gasteiger partial charge in [-0.25, -0.2) is 9.78 Å². The van der Waals surface area contributed by atoms with Crippen LogP contribution in [0.25, 0.3) is 10.9 Å². The second kappa shape index (κ2) is 9.57. The number of aryl methyl sites for hydroxylation is 1. The molecule has 0 bridgehead atoms. The van der Waals surface area contributed by atoms with Gasteiger partial charge in [-0.05, 0) is 110 Å². The van der Waals surface area contributed by atoms with Crippen molar-refractivity contribution < 1.29 is 19.7 Å². The number of fused-ring (bicyclic) bond motifs is 6. The van der Waals surface area contributed by atoms with Crippen molar-refractivity contribution in [3.63, 3.8) is 0 Å². The van der Waals surface area contributed by atoms with Gasteiger partial charge in [0.1, 0.15) is 0 Å². The molecular formula is C31H42ClNO5. The first-order valence-electron chi connectivity index (χ1n) is 14.7. The van der Waals surface area contributed by atoms with Crippen molar-refractivity contribution in [1.82, 2.24) is 4.98 Å². The largest absolute Gasteiger partial charge is 0.408 e. The third-order valence-electron chi connectivity index (χ3n) is 12.0. The summed E-state index contributed by atoms with van der Waals surface area (Å²) in [5.74, 6) is 2.16. The van der Waals surface area contributed by atoms with Crippen molar-refractivity contribution in [2.75, 3.05) is 0 Å². The second-order valence-electron chi connectivity index (χ2n) is 13.6. The molecule has 0 spiro atoms. The van der Waals surface area contributed by atoms with Crippen molar-refractivity contribution in [2.24, 2.45) is 46.3 Å². The van der Waals surface area contributed by atoms with Crippen molar-refractivity contribution >= 4 is 22.5 Å². The zero-order valence-electron chi connectivity index (χ0n) is 22.8. The Kier molecular flexibility index (Phi) is 6.73. The first kappa shape index (κ1) is 26.7. The van der Waals surface area contributed by atoms with E-state index in [0.29, 0.717) is 57.8 Å². The van der Waals surface area contributed by atoms with Gasteiger partial charge in [0.25, 0.3) is 0 Å². The van der Waals surface area contributed by atoms with E-state index in [9.17, 15) is 20.1 Å². The van der Waals surface area contributed by atoms with Crippen LogP contribution >= 0.6 is 11.6 Å². The molecule has 0 radical (unpaired) electrons. The van der Waals surface area contributed by atoms with Gasteiger partial charge in [-0.3, -0.25) is 0 Å². The molecule has 4 fully saturated rings. The smallest absolute Gasteiger partial charge is 0.346 e. The second-order valence-corrected chi connectivity index (χ2v) is 14.0. The van der Waals surface area contributed by atoms with Gasteiger partial charge in [-0.15, -0.1) is 0 Å². The highest BCUT2D eigenvalue weighted by Crippen LogP contribution is 2.68. The fourth-order valence-corrected chi connectivity index (χ4v) is 10.1. The standard InChI is InChI=1S/C31H42ClNO5/c1-16(7-10-26-33-28-19(29(37)38-26)5-4-6-23(28)32)20-8-9-21-27-22(15-25(36)31(20,21)3)30(2)12-11-18(34)13-17(30)14-24(27)35/h4-6,16-18,20-22,24-25,27,34-36H,7-15H2,1-3H3/t16-,17+,18-,20-,21+,22?,24-,25+,27+,30+,31-/m1/s1. The number of halogens is 1. The highest BCUT2D eigenvalue weighted by atomic mass is 35.5. The lowest BCUT2D eigenvalue weighted by molar-refractivity contribution is -0.207. The first-order chi connectivity index (χ1) is 18.0. The zero-order valence-corrected chi connectivity index (χ0v) is 23.5. The number of hydrogen-bond donors (Lipinski definition) is 3. The number of aliphatic hydroxyl groups is 3. The summed E-state index contributed by atoms with van der Waals surface area (Å²) < 4.78 is 5.54. The van der Waals surface area contributed by atoms with E-state index in [0.717, 1.165) is 51.4 Å².